The van der Waals surface area contributed by atoms with Crippen molar-refractivity contribution >= 4 is 34.9 Å². The van der Waals surface area contributed by atoms with Gasteiger partial charge < -0.3 is 15.1 Å². The molecule has 0 spiro atoms. The van der Waals surface area contributed by atoms with Crippen molar-refractivity contribution in [3.05, 3.63) is 71.5 Å². The first-order valence-electron chi connectivity index (χ1n) is 10.9. The van der Waals surface area contributed by atoms with Crippen molar-refractivity contribution in [3.8, 4) is 0 Å². The highest BCUT2D eigenvalue weighted by Crippen LogP contribution is 2.29. The van der Waals surface area contributed by atoms with Crippen LogP contribution in [0.15, 0.2) is 59.9 Å². The van der Waals surface area contributed by atoms with Gasteiger partial charge in [-0.3, -0.25) is 4.79 Å². The molecule has 0 saturated carbocycles. The second kappa shape index (κ2) is 10.0. The predicted octanol–water partition coefficient (Wildman–Crippen LogP) is 4.46. The summed E-state index contributed by atoms with van der Waals surface area (Å²) in [5.74, 6) is 1.11. The molecule has 0 aliphatic carbocycles. The van der Waals surface area contributed by atoms with Gasteiger partial charge >= 0.3 is 0 Å². The van der Waals surface area contributed by atoms with E-state index in [-0.39, 0.29) is 5.91 Å². The summed E-state index contributed by atoms with van der Waals surface area (Å²) >= 11 is 1.43. The molecule has 4 rings (SSSR count). The lowest BCUT2D eigenvalue weighted by molar-refractivity contribution is -0.113. The van der Waals surface area contributed by atoms with Crippen LogP contribution >= 0.6 is 11.8 Å². The smallest absolute Gasteiger partial charge is 0.234 e. The summed E-state index contributed by atoms with van der Waals surface area (Å²) in [6.45, 7) is 9.98. The van der Waals surface area contributed by atoms with Crippen LogP contribution < -0.4 is 15.1 Å². The molecule has 166 valence electrons. The van der Waals surface area contributed by atoms with Crippen molar-refractivity contribution < 1.29 is 4.79 Å². The van der Waals surface area contributed by atoms with E-state index < -0.39 is 0 Å². The van der Waals surface area contributed by atoms with Gasteiger partial charge in [0.15, 0.2) is 5.82 Å². The zero-order valence-corrected chi connectivity index (χ0v) is 19.7. The average molecular weight is 448 g/mol. The number of carbonyl (C=O) groups is 1. The number of amides is 1. The molecular weight excluding hydrogens is 418 g/mol. The summed E-state index contributed by atoms with van der Waals surface area (Å²) in [6.07, 6.45) is 3.42. The Morgan fingerprint density at radius 3 is 2.38 bits per heavy atom. The molecule has 1 aliphatic heterocycles. The van der Waals surface area contributed by atoms with Crippen LogP contribution in [0.5, 0.6) is 0 Å². The van der Waals surface area contributed by atoms with Crippen molar-refractivity contribution in [1.29, 1.82) is 0 Å². The lowest BCUT2D eigenvalue weighted by Crippen LogP contribution is -2.47. The van der Waals surface area contributed by atoms with Gasteiger partial charge in [0.05, 0.1) is 5.75 Å². The molecule has 1 fully saturated rings. The Balaban J connectivity index is 1.37. The van der Waals surface area contributed by atoms with Gasteiger partial charge in [-0.05, 0) is 50.1 Å². The third-order valence-electron chi connectivity index (χ3n) is 5.82. The van der Waals surface area contributed by atoms with Crippen LogP contribution in [0.25, 0.3) is 0 Å². The van der Waals surface area contributed by atoms with E-state index in [2.05, 4.69) is 57.1 Å². The van der Waals surface area contributed by atoms with E-state index >= 15 is 0 Å². The van der Waals surface area contributed by atoms with Crippen LogP contribution in [0, 0.1) is 20.8 Å². The third-order valence-corrected chi connectivity index (χ3v) is 6.79. The number of nitrogens with one attached hydrogen (secondary N) is 1. The fourth-order valence-electron chi connectivity index (χ4n) is 3.84. The fraction of sp³-hybridized carbons (Fsp3) is 0.320. The van der Waals surface area contributed by atoms with Gasteiger partial charge in [0.25, 0.3) is 0 Å². The van der Waals surface area contributed by atoms with Crippen LogP contribution in [0.1, 0.15) is 16.7 Å². The van der Waals surface area contributed by atoms with Crippen LogP contribution in [-0.4, -0.2) is 47.8 Å². The first kappa shape index (κ1) is 22.1. The molecule has 2 aromatic carbocycles. The highest BCUT2D eigenvalue weighted by molar-refractivity contribution is 8.00. The highest BCUT2D eigenvalue weighted by atomic mass is 32.2. The molecule has 0 radical (unpaired) electrons. The predicted molar refractivity (Wildman–Crippen MR) is 133 cm³/mol. The van der Waals surface area contributed by atoms with Crippen molar-refractivity contribution in [2.24, 2.45) is 0 Å². The fourth-order valence-corrected chi connectivity index (χ4v) is 4.63. The van der Waals surface area contributed by atoms with Crippen molar-refractivity contribution in [2.75, 3.05) is 47.0 Å². The lowest BCUT2D eigenvalue weighted by atomic mass is 10.1. The Labute approximate surface area is 194 Å². The Morgan fingerprint density at radius 2 is 1.62 bits per heavy atom. The summed E-state index contributed by atoms with van der Waals surface area (Å²) in [4.78, 5) is 26.2. The van der Waals surface area contributed by atoms with Gasteiger partial charge in [0.2, 0.25) is 5.91 Å². The molecule has 1 aromatic heterocycles. The highest BCUT2D eigenvalue weighted by Gasteiger charge is 2.22. The van der Waals surface area contributed by atoms with E-state index in [9.17, 15) is 4.79 Å². The normalized spacial score (nSPS) is 13.8. The number of thioether (sulfide) groups is 1. The average Bonchev–Trinajstić information content (AvgIpc) is 2.81. The number of hydrogen-bond donors (Lipinski definition) is 1. The Bertz CT molecular complexity index is 1080. The minimum Gasteiger partial charge on any atom is -0.368 e. The van der Waals surface area contributed by atoms with Gasteiger partial charge in [-0.1, -0.05) is 41.6 Å². The molecule has 1 amide bonds. The largest absolute Gasteiger partial charge is 0.368 e. The van der Waals surface area contributed by atoms with Gasteiger partial charge in [0, 0.05) is 49.9 Å². The number of aromatic nitrogens is 2. The zero-order chi connectivity index (χ0) is 22.5. The van der Waals surface area contributed by atoms with E-state index in [1.807, 2.05) is 31.2 Å². The molecule has 6 nitrogen and oxygen atoms in total. The number of piperazine rings is 1. The van der Waals surface area contributed by atoms with Crippen molar-refractivity contribution in [1.82, 2.24) is 9.97 Å². The number of benzene rings is 2. The van der Waals surface area contributed by atoms with Gasteiger partial charge in [-0.25, -0.2) is 9.97 Å². The van der Waals surface area contributed by atoms with E-state index in [4.69, 9.17) is 0 Å². The van der Waals surface area contributed by atoms with Crippen LogP contribution in [0.2, 0.25) is 0 Å². The van der Waals surface area contributed by atoms with Gasteiger partial charge in [-0.15, -0.1) is 0 Å². The zero-order valence-electron chi connectivity index (χ0n) is 18.8. The van der Waals surface area contributed by atoms with Gasteiger partial charge in [-0.2, -0.15) is 0 Å². The molecule has 1 saturated heterocycles. The molecule has 3 aromatic rings. The first-order valence-corrected chi connectivity index (χ1v) is 11.9. The molecule has 1 aliphatic rings. The summed E-state index contributed by atoms with van der Waals surface area (Å²) in [5, 5.41) is 3.74. The molecule has 1 N–H and O–H groups in total. The summed E-state index contributed by atoms with van der Waals surface area (Å²) in [6, 6.07) is 14.3. The second-order valence-corrected chi connectivity index (χ2v) is 9.05. The monoisotopic (exact) mass is 447 g/mol. The van der Waals surface area contributed by atoms with Crippen LogP contribution in [0.3, 0.4) is 0 Å². The topological polar surface area (TPSA) is 61.4 Å². The molecule has 32 heavy (non-hydrogen) atoms. The number of carbonyl (C=O) groups excluding carboxylic acids is 1. The van der Waals surface area contributed by atoms with Crippen molar-refractivity contribution in [2.45, 2.75) is 25.8 Å². The minimum absolute atomic E-state index is 0.0461. The van der Waals surface area contributed by atoms with E-state index in [0.717, 1.165) is 42.7 Å². The number of aryl methyl sites for hydroxylation is 2. The van der Waals surface area contributed by atoms with Crippen LogP contribution in [-0.2, 0) is 4.79 Å². The van der Waals surface area contributed by atoms with Crippen LogP contribution in [0.4, 0.5) is 17.2 Å². The Hall–Kier alpha value is -3.06. The molecular formula is C25H29N5OS. The maximum atomic E-state index is 12.4. The number of nitrogens with zero attached hydrogens (tertiary/aromatic N) is 4. The number of rotatable bonds is 6. The second-order valence-electron chi connectivity index (χ2n) is 8.08. The number of hydrogen-bond acceptors (Lipinski definition) is 6. The molecule has 2 heterocycles. The molecule has 0 unspecified atom stereocenters. The lowest BCUT2D eigenvalue weighted by Gasteiger charge is -2.37. The summed E-state index contributed by atoms with van der Waals surface area (Å²) in [7, 11) is 0. The molecule has 7 heteroatoms. The number of anilines is 3. The van der Waals surface area contributed by atoms with Crippen molar-refractivity contribution in [3.63, 3.8) is 0 Å². The quantitative estimate of drug-likeness (QED) is 0.563. The maximum absolute atomic E-state index is 12.4. The maximum Gasteiger partial charge on any atom is 0.234 e. The minimum atomic E-state index is -0.0461. The Morgan fingerprint density at radius 1 is 0.938 bits per heavy atom. The SMILES string of the molecule is Cc1ccc(NC(=O)CSc2nccnc2N2CCN(c3cccc(C)c3C)CC2)cc1. The molecule has 0 atom stereocenters. The Kier molecular flexibility index (Phi) is 6.95. The van der Waals surface area contributed by atoms with E-state index in [1.165, 1.54) is 34.1 Å². The van der Waals surface area contributed by atoms with E-state index in [1.54, 1.807) is 12.4 Å². The molecule has 0 bridgehead atoms. The summed E-state index contributed by atoms with van der Waals surface area (Å²) in [5.41, 5.74) is 5.95. The first-order chi connectivity index (χ1) is 15.5. The van der Waals surface area contributed by atoms with Gasteiger partial charge in [0.1, 0.15) is 5.03 Å². The third kappa shape index (κ3) is 5.22. The van der Waals surface area contributed by atoms with E-state index in [0.29, 0.717) is 5.75 Å². The summed E-state index contributed by atoms with van der Waals surface area (Å²) < 4.78 is 0. The standard InChI is InChI=1S/C25H29N5OS/c1-18-7-9-21(10-8-18)28-23(31)17-32-25-24(26-11-12-27-25)30-15-13-29(14-16-30)22-6-4-5-19(2)20(22)3/h4-12H,13-17H2,1-3H3,(H,28,31).